The first-order valence-corrected chi connectivity index (χ1v) is 4.85. The number of pyridine rings is 1. The van der Waals surface area contributed by atoms with Crippen molar-refractivity contribution in [3.63, 3.8) is 0 Å². The molecule has 2 unspecified atom stereocenters. The van der Waals surface area contributed by atoms with Crippen LogP contribution in [0.25, 0.3) is 0 Å². The van der Waals surface area contributed by atoms with Crippen LogP contribution < -0.4 is 5.73 Å². The van der Waals surface area contributed by atoms with Gasteiger partial charge in [0.25, 0.3) is 0 Å². The molecule has 15 heavy (non-hydrogen) atoms. The molecule has 1 heterocycles. The van der Waals surface area contributed by atoms with Crippen molar-refractivity contribution in [2.75, 3.05) is 0 Å². The minimum atomic E-state index is -0.861. The Morgan fingerprint density at radius 2 is 2.33 bits per heavy atom. The molecule has 1 aromatic heterocycles. The van der Waals surface area contributed by atoms with Crippen LogP contribution in [0.2, 0.25) is 0 Å². The molecule has 0 saturated carbocycles. The normalized spacial score (nSPS) is 16.7. The first kappa shape index (κ1) is 11.7. The number of carboxylic acids is 1. The maximum atomic E-state index is 10.8. The van der Waals surface area contributed by atoms with Gasteiger partial charge in [0.2, 0.25) is 0 Å². The van der Waals surface area contributed by atoms with Crippen LogP contribution in [-0.2, 0) is 10.2 Å². The maximum absolute atomic E-state index is 10.8. The monoisotopic (exact) mass is 208 g/mol. The SMILES string of the molecule is CC(N)C(C)(CC(=O)O)c1ccccn1. The molecule has 0 aliphatic carbocycles. The van der Waals surface area contributed by atoms with Crippen molar-refractivity contribution in [2.45, 2.75) is 31.7 Å². The third kappa shape index (κ3) is 2.53. The van der Waals surface area contributed by atoms with Crippen molar-refractivity contribution in [3.05, 3.63) is 30.1 Å². The Morgan fingerprint density at radius 3 is 2.73 bits per heavy atom. The van der Waals surface area contributed by atoms with E-state index < -0.39 is 11.4 Å². The Morgan fingerprint density at radius 1 is 1.67 bits per heavy atom. The fraction of sp³-hybridized carbons (Fsp3) is 0.455. The molecule has 0 fully saturated rings. The Bertz CT molecular complexity index is 338. The van der Waals surface area contributed by atoms with E-state index >= 15 is 0 Å². The molecule has 0 aromatic carbocycles. The van der Waals surface area contributed by atoms with E-state index in [9.17, 15) is 4.79 Å². The first-order valence-electron chi connectivity index (χ1n) is 4.85. The number of carboxylic acid groups (broad SMARTS) is 1. The van der Waals surface area contributed by atoms with Gasteiger partial charge in [-0.05, 0) is 19.1 Å². The van der Waals surface area contributed by atoms with Crippen LogP contribution in [0.5, 0.6) is 0 Å². The van der Waals surface area contributed by atoms with Gasteiger partial charge in [-0.25, -0.2) is 0 Å². The second-order valence-electron chi connectivity index (χ2n) is 3.99. The molecule has 0 radical (unpaired) electrons. The van der Waals surface area contributed by atoms with E-state index in [1.54, 1.807) is 19.2 Å². The van der Waals surface area contributed by atoms with E-state index in [-0.39, 0.29) is 12.5 Å². The molecule has 82 valence electrons. The highest BCUT2D eigenvalue weighted by Gasteiger charge is 2.34. The van der Waals surface area contributed by atoms with Crippen molar-refractivity contribution >= 4 is 5.97 Å². The van der Waals surface area contributed by atoms with Crippen molar-refractivity contribution in [3.8, 4) is 0 Å². The number of aromatic nitrogens is 1. The Hall–Kier alpha value is -1.42. The van der Waals surface area contributed by atoms with Gasteiger partial charge in [0.1, 0.15) is 0 Å². The van der Waals surface area contributed by atoms with Crippen molar-refractivity contribution in [1.82, 2.24) is 4.98 Å². The van der Waals surface area contributed by atoms with Crippen LogP contribution >= 0.6 is 0 Å². The average Bonchev–Trinajstić information content (AvgIpc) is 2.17. The molecule has 0 aliphatic rings. The summed E-state index contributed by atoms with van der Waals surface area (Å²) in [6.07, 6.45) is 1.64. The lowest BCUT2D eigenvalue weighted by atomic mass is 9.77. The van der Waals surface area contributed by atoms with Crippen LogP contribution in [0.15, 0.2) is 24.4 Å². The van der Waals surface area contributed by atoms with Gasteiger partial charge in [0.15, 0.2) is 0 Å². The molecule has 0 amide bonds. The van der Waals surface area contributed by atoms with E-state index in [2.05, 4.69) is 4.98 Å². The third-order valence-electron chi connectivity index (χ3n) is 2.77. The van der Waals surface area contributed by atoms with Crippen molar-refractivity contribution in [1.29, 1.82) is 0 Å². The molecule has 0 saturated heterocycles. The summed E-state index contributed by atoms with van der Waals surface area (Å²) in [5.74, 6) is -0.861. The standard InChI is InChI=1S/C11H16N2O2/c1-8(12)11(2,7-10(14)15)9-5-3-4-6-13-9/h3-6,8H,7,12H2,1-2H3,(H,14,15). The van der Waals surface area contributed by atoms with Crippen LogP contribution in [0.1, 0.15) is 26.0 Å². The lowest BCUT2D eigenvalue weighted by Gasteiger charge is -2.31. The van der Waals surface area contributed by atoms with Gasteiger partial charge >= 0.3 is 5.97 Å². The molecule has 1 aromatic rings. The maximum Gasteiger partial charge on any atom is 0.304 e. The zero-order chi connectivity index (χ0) is 11.5. The van der Waals surface area contributed by atoms with Crippen molar-refractivity contribution < 1.29 is 9.90 Å². The van der Waals surface area contributed by atoms with E-state index in [1.807, 2.05) is 19.1 Å². The first-order chi connectivity index (χ1) is 6.97. The highest BCUT2D eigenvalue weighted by molar-refractivity contribution is 5.69. The molecule has 0 aliphatic heterocycles. The Balaban J connectivity index is 3.07. The minimum absolute atomic E-state index is 0.0122. The number of rotatable bonds is 4. The van der Waals surface area contributed by atoms with Gasteiger partial charge in [-0.1, -0.05) is 13.0 Å². The van der Waals surface area contributed by atoms with Crippen molar-refractivity contribution in [2.24, 2.45) is 5.73 Å². The van der Waals surface area contributed by atoms with Gasteiger partial charge < -0.3 is 10.8 Å². The largest absolute Gasteiger partial charge is 0.481 e. The second kappa shape index (κ2) is 4.40. The highest BCUT2D eigenvalue weighted by Crippen LogP contribution is 2.28. The molecular weight excluding hydrogens is 192 g/mol. The summed E-state index contributed by atoms with van der Waals surface area (Å²) in [5.41, 5.74) is 5.95. The fourth-order valence-corrected chi connectivity index (χ4v) is 1.50. The molecule has 2 atom stereocenters. The van der Waals surface area contributed by atoms with Crippen LogP contribution in [0.3, 0.4) is 0 Å². The molecule has 3 N–H and O–H groups in total. The van der Waals surface area contributed by atoms with Gasteiger partial charge in [0.05, 0.1) is 6.42 Å². The van der Waals surface area contributed by atoms with Crippen LogP contribution in [0.4, 0.5) is 0 Å². The fourth-order valence-electron chi connectivity index (χ4n) is 1.50. The zero-order valence-corrected chi connectivity index (χ0v) is 8.97. The van der Waals surface area contributed by atoms with E-state index in [0.717, 1.165) is 5.69 Å². The van der Waals surface area contributed by atoms with Gasteiger partial charge in [-0.15, -0.1) is 0 Å². The smallest absolute Gasteiger partial charge is 0.304 e. The quantitative estimate of drug-likeness (QED) is 0.778. The average molecular weight is 208 g/mol. The lowest BCUT2D eigenvalue weighted by molar-refractivity contribution is -0.138. The van der Waals surface area contributed by atoms with Crippen LogP contribution in [-0.4, -0.2) is 22.1 Å². The molecule has 1 rings (SSSR count). The topological polar surface area (TPSA) is 76.2 Å². The third-order valence-corrected chi connectivity index (χ3v) is 2.77. The summed E-state index contributed by atoms with van der Waals surface area (Å²) in [6, 6.07) is 5.19. The molecule has 0 bridgehead atoms. The Labute approximate surface area is 89.1 Å². The number of hydrogen-bond acceptors (Lipinski definition) is 3. The summed E-state index contributed by atoms with van der Waals surface area (Å²) in [6.45, 7) is 3.63. The van der Waals surface area contributed by atoms with E-state index in [0.29, 0.717) is 0 Å². The number of hydrogen-bond donors (Lipinski definition) is 2. The highest BCUT2D eigenvalue weighted by atomic mass is 16.4. The minimum Gasteiger partial charge on any atom is -0.481 e. The summed E-state index contributed by atoms with van der Waals surface area (Å²) in [7, 11) is 0. The van der Waals surface area contributed by atoms with Gasteiger partial charge in [0, 0.05) is 23.3 Å². The molecular formula is C11H16N2O2. The molecule has 0 spiro atoms. The number of carbonyl (C=O) groups is 1. The van der Waals surface area contributed by atoms with E-state index in [1.165, 1.54) is 0 Å². The number of aliphatic carboxylic acids is 1. The lowest BCUT2D eigenvalue weighted by Crippen LogP contribution is -2.43. The Kier molecular flexibility index (Phi) is 3.42. The number of nitrogens with zero attached hydrogens (tertiary/aromatic N) is 1. The summed E-state index contributed by atoms with van der Waals surface area (Å²) in [4.78, 5) is 15.0. The summed E-state index contributed by atoms with van der Waals surface area (Å²) < 4.78 is 0. The van der Waals surface area contributed by atoms with Gasteiger partial charge in [-0.2, -0.15) is 0 Å². The number of nitrogens with two attached hydrogens (primary N) is 1. The zero-order valence-electron chi connectivity index (χ0n) is 8.97. The summed E-state index contributed by atoms with van der Waals surface area (Å²) >= 11 is 0. The second-order valence-corrected chi connectivity index (χ2v) is 3.99. The predicted octanol–water partition coefficient (Wildman–Crippen LogP) is 1.16. The predicted molar refractivity (Wildman–Crippen MR) is 57.5 cm³/mol. The molecule has 4 nitrogen and oxygen atoms in total. The molecule has 4 heteroatoms. The van der Waals surface area contributed by atoms with E-state index in [4.69, 9.17) is 10.8 Å². The van der Waals surface area contributed by atoms with Crippen LogP contribution in [0, 0.1) is 0 Å². The van der Waals surface area contributed by atoms with Gasteiger partial charge in [-0.3, -0.25) is 9.78 Å². The summed E-state index contributed by atoms with van der Waals surface area (Å²) in [5, 5.41) is 8.88.